The van der Waals surface area contributed by atoms with Crippen molar-refractivity contribution >= 4 is 22.6 Å². The molecule has 0 amide bonds. The number of likely N-dealkylation sites (tertiary alicyclic amines) is 1. The molecule has 216 valence electrons. The van der Waals surface area contributed by atoms with Crippen LogP contribution in [0.5, 0.6) is 5.88 Å². The summed E-state index contributed by atoms with van der Waals surface area (Å²) in [7, 11) is 0. The molecule has 0 saturated carbocycles. The number of aromatic nitrogens is 7. The molecular formula is C30H30ClFN8O2. The first-order valence-corrected chi connectivity index (χ1v) is 14.6. The fourth-order valence-electron chi connectivity index (χ4n) is 5.60. The zero-order valence-corrected chi connectivity index (χ0v) is 23.7. The molecule has 0 aliphatic carbocycles. The van der Waals surface area contributed by atoms with Gasteiger partial charge in [-0.3, -0.25) is 15.0 Å². The number of piperidine rings is 1. The topological polar surface area (TPSA) is 107 Å². The highest BCUT2D eigenvalue weighted by molar-refractivity contribution is 6.30. The van der Waals surface area contributed by atoms with Gasteiger partial charge in [-0.1, -0.05) is 23.7 Å². The molecule has 2 fully saturated rings. The Labute approximate surface area is 246 Å². The molecule has 5 aromatic rings. The van der Waals surface area contributed by atoms with Crippen LogP contribution < -0.4 is 4.74 Å². The average molecular weight is 589 g/mol. The van der Waals surface area contributed by atoms with Gasteiger partial charge in [0.25, 0.3) is 0 Å². The Morgan fingerprint density at radius 2 is 1.95 bits per heavy atom. The van der Waals surface area contributed by atoms with Gasteiger partial charge in [-0.15, -0.1) is 0 Å². The van der Waals surface area contributed by atoms with Crippen molar-refractivity contribution in [3.63, 3.8) is 0 Å². The number of nitrogens with zero attached hydrogens (tertiary/aromatic N) is 7. The van der Waals surface area contributed by atoms with Gasteiger partial charge in [0.15, 0.2) is 5.82 Å². The van der Waals surface area contributed by atoms with Crippen molar-refractivity contribution in [3.05, 3.63) is 82.9 Å². The molecule has 10 nitrogen and oxygen atoms in total. The second-order valence-electron chi connectivity index (χ2n) is 10.8. The predicted molar refractivity (Wildman–Crippen MR) is 154 cm³/mol. The third-order valence-electron chi connectivity index (χ3n) is 8.06. The number of aromatic amines is 1. The number of benzene rings is 1. The van der Waals surface area contributed by atoms with Crippen molar-refractivity contribution in [1.82, 2.24) is 39.6 Å². The fraction of sp³-hybridized carbons (Fsp3) is 0.367. The minimum atomic E-state index is -0.383. The van der Waals surface area contributed by atoms with Crippen LogP contribution in [0.4, 0.5) is 4.39 Å². The third-order valence-corrected chi connectivity index (χ3v) is 8.29. The molecule has 4 aromatic heterocycles. The van der Waals surface area contributed by atoms with E-state index in [1.165, 1.54) is 12.4 Å². The van der Waals surface area contributed by atoms with E-state index in [4.69, 9.17) is 31.0 Å². The van der Waals surface area contributed by atoms with E-state index in [0.29, 0.717) is 33.9 Å². The summed E-state index contributed by atoms with van der Waals surface area (Å²) in [6.45, 7) is 4.28. The fourth-order valence-corrected chi connectivity index (χ4v) is 5.76. The molecule has 0 unspecified atom stereocenters. The van der Waals surface area contributed by atoms with Crippen molar-refractivity contribution in [2.75, 3.05) is 19.7 Å². The zero-order valence-electron chi connectivity index (χ0n) is 22.9. The zero-order chi connectivity index (χ0) is 28.5. The number of hydrogen-bond donors (Lipinski definition) is 1. The SMILES string of the molecule is Fc1cc(Cl)ccc1COc1cccc(C2CCN(Cc3nc4cc(-c5ncn[nH]5)ncc4n3C[C@@H]3CCO3)CC2)n1. The Hall–Kier alpha value is -3.93. The van der Waals surface area contributed by atoms with Crippen molar-refractivity contribution in [2.24, 2.45) is 0 Å². The van der Waals surface area contributed by atoms with Gasteiger partial charge in [0, 0.05) is 34.9 Å². The Balaban J connectivity index is 1.02. The van der Waals surface area contributed by atoms with Crippen LogP contribution >= 0.6 is 11.6 Å². The van der Waals surface area contributed by atoms with Gasteiger partial charge in [0.05, 0.1) is 36.4 Å². The van der Waals surface area contributed by atoms with E-state index in [-0.39, 0.29) is 18.5 Å². The number of fused-ring (bicyclic) bond motifs is 1. The number of pyridine rings is 2. The summed E-state index contributed by atoms with van der Waals surface area (Å²) in [6, 6.07) is 12.4. The average Bonchev–Trinajstić information content (AvgIpc) is 3.63. The van der Waals surface area contributed by atoms with Crippen LogP contribution in [0.2, 0.25) is 5.02 Å². The second kappa shape index (κ2) is 11.7. The van der Waals surface area contributed by atoms with Crippen LogP contribution in [-0.2, 0) is 24.4 Å². The Kier molecular flexibility index (Phi) is 7.54. The molecule has 1 atom stereocenters. The largest absolute Gasteiger partial charge is 0.473 e. The van der Waals surface area contributed by atoms with Gasteiger partial charge >= 0.3 is 0 Å². The maximum Gasteiger partial charge on any atom is 0.213 e. The maximum absolute atomic E-state index is 14.1. The van der Waals surface area contributed by atoms with Gasteiger partial charge < -0.3 is 14.0 Å². The number of imidazole rings is 1. The van der Waals surface area contributed by atoms with E-state index in [1.807, 2.05) is 30.5 Å². The Morgan fingerprint density at radius 3 is 2.71 bits per heavy atom. The summed E-state index contributed by atoms with van der Waals surface area (Å²) in [5.74, 6) is 2.07. The van der Waals surface area contributed by atoms with Crippen LogP contribution in [0.15, 0.2) is 55.0 Å². The van der Waals surface area contributed by atoms with E-state index in [0.717, 1.165) is 74.6 Å². The number of halogens is 2. The number of hydrogen-bond acceptors (Lipinski definition) is 8. The molecule has 2 aliphatic rings. The summed E-state index contributed by atoms with van der Waals surface area (Å²) in [5, 5.41) is 7.18. The van der Waals surface area contributed by atoms with Crippen LogP contribution in [0.25, 0.3) is 22.6 Å². The normalized spacial score (nSPS) is 17.9. The molecular weight excluding hydrogens is 559 g/mol. The van der Waals surface area contributed by atoms with E-state index in [1.54, 1.807) is 12.1 Å². The van der Waals surface area contributed by atoms with Crippen LogP contribution in [0.3, 0.4) is 0 Å². The Morgan fingerprint density at radius 1 is 1.07 bits per heavy atom. The molecule has 6 heterocycles. The smallest absolute Gasteiger partial charge is 0.213 e. The first-order chi connectivity index (χ1) is 20.6. The number of H-pyrrole nitrogens is 1. The summed E-state index contributed by atoms with van der Waals surface area (Å²) in [5.41, 5.74) is 4.05. The lowest BCUT2D eigenvalue weighted by atomic mass is 9.93. The summed E-state index contributed by atoms with van der Waals surface area (Å²) in [6.07, 6.45) is 6.56. The molecule has 0 radical (unpaired) electrons. The highest BCUT2D eigenvalue weighted by Crippen LogP contribution is 2.30. The van der Waals surface area contributed by atoms with E-state index in [9.17, 15) is 4.39 Å². The van der Waals surface area contributed by atoms with Gasteiger partial charge in [0.1, 0.15) is 30.3 Å². The van der Waals surface area contributed by atoms with Crippen molar-refractivity contribution in [3.8, 4) is 17.4 Å². The molecule has 12 heteroatoms. The van der Waals surface area contributed by atoms with Crippen LogP contribution in [-0.4, -0.2) is 65.4 Å². The first-order valence-electron chi connectivity index (χ1n) is 14.2. The quantitative estimate of drug-likeness (QED) is 0.252. The monoisotopic (exact) mass is 588 g/mol. The molecule has 1 aromatic carbocycles. The summed E-state index contributed by atoms with van der Waals surface area (Å²) >= 11 is 5.86. The standard InChI is InChI=1S/C30H30ClFN8O2/c31-21-5-4-20(23(32)12-21)17-42-29-3-1-2-24(37-29)19-6-9-39(10-7-19)16-28-36-25-13-26(30-34-18-35-38-30)33-14-27(25)40(28)15-22-8-11-41-22/h1-5,12-14,18-19,22H,6-11,15-17H2,(H,34,35,38)/t22-/m0/s1. The lowest BCUT2D eigenvalue weighted by Gasteiger charge is -2.32. The maximum atomic E-state index is 14.1. The molecule has 0 spiro atoms. The van der Waals surface area contributed by atoms with Crippen molar-refractivity contribution in [2.45, 2.75) is 51.0 Å². The van der Waals surface area contributed by atoms with Crippen LogP contribution in [0, 0.1) is 5.82 Å². The molecule has 42 heavy (non-hydrogen) atoms. The van der Waals surface area contributed by atoms with Gasteiger partial charge in [-0.2, -0.15) is 5.10 Å². The second-order valence-corrected chi connectivity index (χ2v) is 11.2. The highest BCUT2D eigenvalue weighted by atomic mass is 35.5. The minimum absolute atomic E-state index is 0.0974. The number of rotatable bonds is 9. The number of nitrogens with one attached hydrogen (secondary N) is 1. The molecule has 1 N–H and O–H groups in total. The first kappa shape index (κ1) is 26.9. The molecule has 7 rings (SSSR count). The molecule has 0 bridgehead atoms. The number of ether oxygens (including phenoxy) is 2. The Bertz CT molecular complexity index is 1680. The van der Waals surface area contributed by atoms with E-state index in [2.05, 4.69) is 29.6 Å². The van der Waals surface area contributed by atoms with Gasteiger partial charge in [-0.25, -0.2) is 19.3 Å². The van der Waals surface area contributed by atoms with E-state index >= 15 is 0 Å². The van der Waals surface area contributed by atoms with E-state index < -0.39 is 0 Å². The summed E-state index contributed by atoms with van der Waals surface area (Å²) in [4.78, 5) is 21.1. The lowest BCUT2D eigenvalue weighted by Crippen LogP contribution is -2.35. The lowest BCUT2D eigenvalue weighted by molar-refractivity contribution is -0.0592. The highest BCUT2D eigenvalue weighted by Gasteiger charge is 2.26. The van der Waals surface area contributed by atoms with Crippen LogP contribution in [0.1, 0.15) is 42.3 Å². The molecule has 2 aliphatic heterocycles. The molecule has 2 saturated heterocycles. The van der Waals surface area contributed by atoms with Crippen molar-refractivity contribution in [1.29, 1.82) is 0 Å². The third kappa shape index (κ3) is 5.72. The predicted octanol–water partition coefficient (Wildman–Crippen LogP) is 5.15. The minimum Gasteiger partial charge on any atom is -0.473 e. The summed E-state index contributed by atoms with van der Waals surface area (Å²) < 4.78 is 28.0. The van der Waals surface area contributed by atoms with Crippen molar-refractivity contribution < 1.29 is 13.9 Å². The van der Waals surface area contributed by atoms with Gasteiger partial charge in [0.2, 0.25) is 5.88 Å². The van der Waals surface area contributed by atoms with Gasteiger partial charge in [-0.05, 0) is 56.6 Å².